The minimum Gasteiger partial charge on any atom is -0.503 e. The van der Waals surface area contributed by atoms with E-state index in [1.165, 1.54) is 9.47 Å². The van der Waals surface area contributed by atoms with Crippen molar-refractivity contribution in [3.8, 4) is 5.75 Å². The third kappa shape index (κ3) is 1.96. The van der Waals surface area contributed by atoms with Crippen LogP contribution in [0.2, 0.25) is 0 Å². The number of nitrogens with zero attached hydrogens (tertiary/aromatic N) is 2. The number of carbonyl (C=O) groups excluding carboxylic acids is 1. The Labute approximate surface area is 108 Å². The molecule has 1 aromatic heterocycles. The van der Waals surface area contributed by atoms with Crippen molar-refractivity contribution in [3.05, 3.63) is 27.7 Å². The molecule has 7 heteroatoms. The van der Waals surface area contributed by atoms with Gasteiger partial charge >= 0.3 is 5.97 Å². The molecule has 0 unspecified atom stereocenters. The van der Waals surface area contributed by atoms with E-state index in [1.807, 2.05) is 13.8 Å². The van der Waals surface area contributed by atoms with Crippen molar-refractivity contribution in [1.82, 2.24) is 9.47 Å². The van der Waals surface area contributed by atoms with Gasteiger partial charge in [0.2, 0.25) is 5.43 Å². The molecule has 2 heterocycles. The van der Waals surface area contributed by atoms with Crippen molar-refractivity contribution in [2.75, 3.05) is 6.54 Å². The van der Waals surface area contributed by atoms with E-state index in [9.17, 15) is 19.5 Å². The molecule has 0 aromatic carbocycles. The van der Waals surface area contributed by atoms with E-state index in [0.29, 0.717) is 13.1 Å². The summed E-state index contributed by atoms with van der Waals surface area (Å²) in [6.07, 6.45) is 1.11. The fourth-order valence-electron chi connectivity index (χ4n) is 2.15. The standard InChI is InChI=1S/C12H14N2O5/c1-6(2)14-4-3-13-5-7(12(18)19)9(15)10(16)8(13)11(14)17/h5-6,16H,3-4H2,1-2H3,(H,18,19). The van der Waals surface area contributed by atoms with Crippen LogP contribution in [0, 0.1) is 0 Å². The van der Waals surface area contributed by atoms with E-state index in [4.69, 9.17) is 5.11 Å². The van der Waals surface area contributed by atoms with Crippen LogP contribution in [0.1, 0.15) is 34.7 Å². The molecule has 19 heavy (non-hydrogen) atoms. The number of aromatic carboxylic acids is 1. The van der Waals surface area contributed by atoms with Gasteiger partial charge < -0.3 is 19.7 Å². The highest BCUT2D eigenvalue weighted by atomic mass is 16.4. The summed E-state index contributed by atoms with van der Waals surface area (Å²) in [4.78, 5) is 36.3. The van der Waals surface area contributed by atoms with Crippen LogP contribution in [0.25, 0.3) is 0 Å². The van der Waals surface area contributed by atoms with Crippen LogP contribution in [0.3, 0.4) is 0 Å². The molecule has 0 bridgehead atoms. The third-order valence-electron chi connectivity index (χ3n) is 3.16. The summed E-state index contributed by atoms with van der Waals surface area (Å²) in [5.74, 6) is -2.68. The molecule has 2 rings (SSSR count). The van der Waals surface area contributed by atoms with E-state index in [-0.39, 0.29) is 11.7 Å². The van der Waals surface area contributed by atoms with Gasteiger partial charge in [-0.15, -0.1) is 0 Å². The van der Waals surface area contributed by atoms with Gasteiger partial charge in [-0.25, -0.2) is 4.79 Å². The number of hydrogen-bond donors (Lipinski definition) is 2. The molecule has 0 atom stereocenters. The fraction of sp³-hybridized carbons (Fsp3) is 0.417. The number of carboxylic acid groups (broad SMARTS) is 1. The summed E-state index contributed by atoms with van der Waals surface area (Å²) in [6, 6.07) is -0.0603. The highest BCUT2D eigenvalue weighted by Gasteiger charge is 2.31. The van der Waals surface area contributed by atoms with Crippen molar-refractivity contribution in [3.63, 3.8) is 0 Å². The van der Waals surface area contributed by atoms with Crippen molar-refractivity contribution in [2.24, 2.45) is 0 Å². The number of fused-ring (bicyclic) bond motifs is 1. The number of rotatable bonds is 2. The number of aromatic nitrogens is 1. The van der Waals surface area contributed by atoms with Gasteiger partial charge in [-0.2, -0.15) is 0 Å². The van der Waals surface area contributed by atoms with E-state index in [1.54, 1.807) is 0 Å². The summed E-state index contributed by atoms with van der Waals surface area (Å²) in [7, 11) is 0. The Bertz CT molecular complexity index is 617. The smallest absolute Gasteiger partial charge is 0.341 e. The lowest BCUT2D eigenvalue weighted by molar-refractivity contribution is 0.0631. The number of hydrogen-bond acceptors (Lipinski definition) is 4. The highest BCUT2D eigenvalue weighted by Crippen LogP contribution is 2.21. The fourth-order valence-corrected chi connectivity index (χ4v) is 2.15. The van der Waals surface area contributed by atoms with Crippen molar-refractivity contribution in [1.29, 1.82) is 0 Å². The molecule has 1 amide bonds. The predicted molar refractivity (Wildman–Crippen MR) is 65.5 cm³/mol. The van der Waals surface area contributed by atoms with Crippen LogP contribution >= 0.6 is 0 Å². The van der Waals surface area contributed by atoms with Crippen molar-refractivity contribution < 1.29 is 19.8 Å². The van der Waals surface area contributed by atoms with Crippen LogP contribution < -0.4 is 5.43 Å². The molecular formula is C12H14N2O5. The first-order chi connectivity index (χ1) is 8.84. The van der Waals surface area contributed by atoms with Gasteiger partial charge in [0.15, 0.2) is 11.4 Å². The molecule has 0 saturated carbocycles. The average Bonchev–Trinajstić information content (AvgIpc) is 2.32. The molecule has 0 aliphatic carbocycles. The van der Waals surface area contributed by atoms with Gasteiger partial charge in [0, 0.05) is 25.3 Å². The lowest BCUT2D eigenvalue weighted by atomic mass is 10.1. The Balaban J connectivity index is 2.64. The highest BCUT2D eigenvalue weighted by molar-refractivity contribution is 5.97. The van der Waals surface area contributed by atoms with Gasteiger partial charge in [0.1, 0.15) is 5.56 Å². The largest absolute Gasteiger partial charge is 0.503 e. The number of carbonyl (C=O) groups is 2. The molecule has 2 N–H and O–H groups in total. The van der Waals surface area contributed by atoms with Crippen LogP contribution in [0.15, 0.2) is 11.0 Å². The van der Waals surface area contributed by atoms with Crippen LogP contribution in [0.5, 0.6) is 5.75 Å². The van der Waals surface area contributed by atoms with Gasteiger partial charge in [-0.3, -0.25) is 9.59 Å². The predicted octanol–water partition coefficient (Wildman–Crippen LogP) is 0.116. The summed E-state index contributed by atoms with van der Waals surface area (Å²) in [6.45, 7) is 4.40. The molecule has 0 radical (unpaired) electrons. The molecule has 1 aromatic rings. The minimum atomic E-state index is -1.42. The van der Waals surface area contributed by atoms with Crippen molar-refractivity contribution in [2.45, 2.75) is 26.4 Å². The zero-order chi connectivity index (χ0) is 14.3. The van der Waals surface area contributed by atoms with E-state index < -0.39 is 28.6 Å². The zero-order valence-corrected chi connectivity index (χ0v) is 10.6. The molecule has 102 valence electrons. The molecule has 0 saturated heterocycles. The van der Waals surface area contributed by atoms with Crippen LogP contribution in [0.4, 0.5) is 0 Å². The summed E-state index contributed by atoms with van der Waals surface area (Å²) < 4.78 is 1.32. The minimum absolute atomic E-state index is 0.0603. The normalized spacial score (nSPS) is 14.7. The first kappa shape index (κ1) is 13.1. The molecule has 0 fully saturated rings. The van der Waals surface area contributed by atoms with Crippen molar-refractivity contribution >= 4 is 11.9 Å². The summed E-state index contributed by atoms with van der Waals surface area (Å²) in [5.41, 5.74) is -1.71. The molecule has 7 nitrogen and oxygen atoms in total. The summed E-state index contributed by atoms with van der Waals surface area (Å²) in [5, 5.41) is 18.7. The third-order valence-corrected chi connectivity index (χ3v) is 3.16. The Morgan fingerprint density at radius 3 is 2.47 bits per heavy atom. The molecule has 1 aliphatic rings. The second kappa shape index (κ2) is 4.42. The number of amides is 1. The van der Waals surface area contributed by atoms with E-state index in [2.05, 4.69) is 0 Å². The maximum Gasteiger partial charge on any atom is 0.341 e. The van der Waals surface area contributed by atoms with Crippen LogP contribution in [-0.2, 0) is 6.54 Å². The maximum absolute atomic E-state index is 12.2. The Kier molecular flexibility index (Phi) is 3.05. The van der Waals surface area contributed by atoms with Gasteiger partial charge in [-0.05, 0) is 13.8 Å². The maximum atomic E-state index is 12.2. The first-order valence-electron chi connectivity index (χ1n) is 5.85. The zero-order valence-electron chi connectivity index (χ0n) is 10.6. The number of pyridine rings is 1. The monoisotopic (exact) mass is 266 g/mol. The van der Waals surface area contributed by atoms with Gasteiger partial charge in [-0.1, -0.05) is 0 Å². The SMILES string of the molecule is CC(C)N1CCn2cc(C(=O)O)c(=O)c(O)c2C1=O. The first-order valence-corrected chi connectivity index (χ1v) is 5.85. The lowest BCUT2D eigenvalue weighted by Gasteiger charge is -2.33. The molecule has 1 aliphatic heterocycles. The molecular weight excluding hydrogens is 252 g/mol. The Morgan fingerprint density at radius 1 is 1.32 bits per heavy atom. The second-order valence-electron chi connectivity index (χ2n) is 4.66. The Hall–Kier alpha value is -2.31. The summed E-state index contributed by atoms with van der Waals surface area (Å²) >= 11 is 0. The Morgan fingerprint density at radius 2 is 1.95 bits per heavy atom. The lowest BCUT2D eigenvalue weighted by Crippen LogP contribution is -2.45. The van der Waals surface area contributed by atoms with Gasteiger partial charge in [0.25, 0.3) is 5.91 Å². The number of carboxylic acids is 1. The van der Waals surface area contributed by atoms with Crippen LogP contribution in [-0.4, -0.2) is 44.1 Å². The van der Waals surface area contributed by atoms with E-state index in [0.717, 1.165) is 6.20 Å². The van der Waals surface area contributed by atoms with E-state index >= 15 is 0 Å². The van der Waals surface area contributed by atoms with Gasteiger partial charge in [0.05, 0.1) is 0 Å². The average molecular weight is 266 g/mol. The second-order valence-corrected chi connectivity index (χ2v) is 4.66. The number of aromatic hydroxyl groups is 1. The quantitative estimate of drug-likeness (QED) is 0.791. The molecule has 0 spiro atoms. The topological polar surface area (TPSA) is 99.8 Å².